The molecular formula is C23H26FN3O. The second-order valence-electron chi connectivity index (χ2n) is 7.41. The Kier molecular flexibility index (Phi) is 5.93. The molecule has 0 saturated carbocycles. The molecule has 146 valence electrons. The fourth-order valence-corrected chi connectivity index (χ4v) is 3.22. The standard InChI is InChI=1S/C23H26FN3O/c1-16(2)27(23(28)20-7-5-6-8-21(20)24)15-22-25-11-12-26(22)14-19-13-17(3)9-10-18(19)4/h5-13,16H,14-15H2,1-4H3. The van der Waals surface area contributed by atoms with E-state index in [2.05, 4.69) is 37.0 Å². The van der Waals surface area contributed by atoms with E-state index in [0.29, 0.717) is 13.1 Å². The molecule has 1 heterocycles. The van der Waals surface area contributed by atoms with E-state index in [1.54, 1.807) is 23.2 Å². The average Bonchev–Trinajstić information content (AvgIpc) is 3.09. The van der Waals surface area contributed by atoms with Crippen molar-refractivity contribution in [2.45, 2.75) is 46.8 Å². The quantitative estimate of drug-likeness (QED) is 0.620. The van der Waals surface area contributed by atoms with Gasteiger partial charge in [0.2, 0.25) is 0 Å². The van der Waals surface area contributed by atoms with Crippen LogP contribution in [0.4, 0.5) is 4.39 Å². The molecule has 4 nitrogen and oxygen atoms in total. The monoisotopic (exact) mass is 379 g/mol. The fraction of sp³-hybridized carbons (Fsp3) is 0.304. The van der Waals surface area contributed by atoms with Crippen molar-refractivity contribution in [1.29, 1.82) is 0 Å². The van der Waals surface area contributed by atoms with Gasteiger partial charge < -0.3 is 9.47 Å². The van der Waals surface area contributed by atoms with Crippen molar-refractivity contribution in [2.24, 2.45) is 0 Å². The smallest absolute Gasteiger partial charge is 0.257 e. The Bertz CT molecular complexity index is 977. The average molecular weight is 379 g/mol. The summed E-state index contributed by atoms with van der Waals surface area (Å²) in [6.07, 6.45) is 3.66. The highest BCUT2D eigenvalue weighted by molar-refractivity contribution is 5.94. The number of benzene rings is 2. The lowest BCUT2D eigenvalue weighted by atomic mass is 10.1. The predicted octanol–water partition coefficient (Wildman–Crippen LogP) is 4.74. The first kappa shape index (κ1) is 19.8. The lowest BCUT2D eigenvalue weighted by Crippen LogP contribution is -2.37. The summed E-state index contributed by atoms with van der Waals surface area (Å²) >= 11 is 0. The Balaban J connectivity index is 1.86. The molecule has 1 amide bonds. The third-order valence-corrected chi connectivity index (χ3v) is 4.95. The molecule has 1 aromatic heterocycles. The normalized spacial score (nSPS) is 11.1. The van der Waals surface area contributed by atoms with Gasteiger partial charge >= 0.3 is 0 Å². The minimum atomic E-state index is -0.503. The van der Waals surface area contributed by atoms with Crippen LogP contribution >= 0.6 is 0 Å². The molecule has 0 spiro atoms. The zero-order chi connectivity index (χ0) is 20.3. The van der Waals surface area contributed by atoms with Crippen molar-refractivity contribution in [1.82, 2.24) is 14.5 Å². The van der Waals surface area contributed by atoms with E-state index in [9.17, 15) is 9.18 Å². The van der Waals surface area contributed by atoms with Crippen LogP contribution in [0.3, 0.4) is 0 Å². The van der Waals surface area contributed by atoms with E-state index in [1.807, 2.05) is 24.6 Å². The first-order chi connectivity index (χ1) is 13.4. The van der Waals surface area contributed by atoms with E-state index in [0.717, 1.165) is 5.82 Å². The molecule has 3 aromatic rings. The molecular weight excluding hydrogens is 353 g/mol. The summed E-state index contributed by atoms with van der Waals surface area (Å²) in [6, 6.07) is 12.4. The Hall–Kier alpha value is -2.95. The predicted molar refractivity (Wildman–Crippen MR) is 109 cm³/mol. The molecule has 5 heteroatoms. The van der Waals surface area contributed by atoms with Gasteiger partial charge in [-0.15, -0.1) is 0 Å². The molecule has 0 N–H and O–H groups in total. The fourth-order valence-electron chi connectivity index (χ4n) is 3.22. The van der Waals surface area contributed by atoms with Gasteiger partial charge in [-0.25, -0.2) is 9.37 Å². The van der Waals surface area contributed by atoms with Crippen molar-refractivity contribution in [2.75, 3.05) is 0 Å². The van der Waals surface area contributed by atoms with Crippen LogP contribution in [-0.2, 0) is 13.1 Å². The largest absolute Gasteiger partial charge is 0.329 e. The van der Waals surface area contributed by atoms with E-state index in [-0.39, 0.29) is 17.5 Å². The van der Waals surface area contributed by atoms with E-state index in [1.165, 1.54) is 28.8 Å². The molecule has 0 unspecified atom stereocenters. The lowest BCUT2D eigenvalue weighted by molar-refractivity contribution is 0.0678. The molecule has 0 bridgehead atoms. The second kappa shape index (κ2) is 8.38. The highest BCUT2D eigenvalue weighted by Gasteiger charge is 2.23. The Labute approximate surface area is 165 Å². The highest BCUT2D eigenvalue weighted by Crippen LogP contribution is 2.17. The van der Waals surface area contributed by atoms with Crippen molar-refractivity contribution < 1.29 is 9.18 Å². The third kappa shape index (κ3) is 4.30. The number of halogens is 1. The number of aromatic nitrogens is 2. The topological polar surface area (TPSA) is 38.1 Å². The lowest BCUT2D eigenvalue weighted by Gasteiger charge is -2.27. The number of imidazole rings is 1. The van der Waals surface area contributed by atoms with Crippen LogP contribution in [0.25, 0.3) is 0 Å². The Morgan fingerprint density at radius 3 is 2.64 bits per heavy atom. The number of carbonyl (C=O) groups is 1. The molecule has 0 aliphatic heterocycles. The Morgan fingerprint density at radius 1 is 1.18 bits per heavy atom. The maximum absolute atomic E-state index is 14.1. The summed E-state index contributed by atoms with van der Waals surface area (Å²) in [6.45, 7) is 9.03. The summed E-state index contributed by atoms with van der Waals surface area (Å²) in [7, 11) is 0. The first-order valence-corrected chi connectivity index (χ1v) is 9.48. The summed E-state index contributed by atoms with van der Waals surface area (Å²) < 4.78 is 16.2. The zero-order valence-corrected chi connectivity index (χ0v) is 16.8. The molecule has 0 aliphatic carbocycles. The summed E-state index contributed by atoms with van der Waals surface area (Å²) in [4.78, 5) is 19.1. The van der Waals surface area contributed by atoms with Crippen molar-refractivity contribution in [3.05, 3.63) is 88.8 Å². The van der Waals surface area contributed by atoms with Crippen LogP contribution < -0.4 is 0 Å². The van der Waals surface area contributed by atoms with Gasteiger partial charge in [0.05, 0.1) is 12.1 Å². The van der Waals surface area contributed by atoms with Crippen molar-refractivity contribution >= 4 is 5.91 Å². The molecule has 28 heavy (non-hydrogen) atoms. The Morgan fingerprint density at radius 2 is 1.93 bits per heavy atom. The van der Waals surface area contributed by atoms with Gasteiger partial charge in [0, 0.05) is 25.0 Å². The van der Waals surface area contributed by atoms with Crippen LogP contribution in [0.5, 0.6) is 0 Å². The molecule has 0 radical (unpaired) electrons. The number of amides is 1. The molecule has 0 aliphatic rings. The number of carbonyl (C=O) groups excluding carboxylic acids is 1. The number of hydrogen-bond acceptors (Lipinski definition) is 2. The number of aryl methyl sites for hydroxylation is 2. The van der Waals surface area contributed by atoms with Crippen LogP contribution in [-0.4, -0.2) is 26.4 Å². The van der Waals surface area contributed by atoms with E-state index in [4.69, 9.17) is 0 Å². The van der Waals surface area contributed by atoms with Crippen LogP contribution in [0.1, 0.15) is 46.7 Å². The van der Waals surface area contributed by atoms with Gasteiger partial charge in [0.1, 0.15) is 11.6 Å². The van der Waals surface area contributed by atoms with Gasteiger partial charge in [0.25, 0.3) is 5.91 Å². The third-order valence-electron chi connectivity index (χ3n) is 4.95. The molecule has 2 aromatic carbocycles. The van der Waals surface area contributed by atoms with Crippen molar-refractivity contribution in [3.63, 3.8) is 0 Å². The van der Waals surface area contributed by atoms with Crippen LogP contribution in [0.15, 0.2) is 54.9 Å². The van der Waals surface area contributed by atoms with Crippen LogP contribution in [0, 0.1) is 19.7 Å². The van der Waals surface area contributed by atoms with Gasteiger partial charge in [-0.3, -0.25) is 4.79 Å². The molecule has 3 rings (SSSR count). The minimum absolute atomic E-state index is 0.0852. The van der Waals surface area contributed by atoms with Gasteiger partial charge in [-0.1, -0.05) is 35.9 Å². The maximum Gasteiger partial charge on any atom is 0.257 e. The number of hydrogen-bond donors (Lipinski definition) is 0. The SMILES string of the molecule is Cc1ccc(C)c(Cn2ccnc2CN(C(=O)c2ccccc2F)C(C)C)c1. The van der Waals surface area contributed by atoms with Crippen molar-refractivity contribution in [3.8, 4) is 0 Å². The summed E-state index contributed by atoms with van der Waals surface area (Å²) in [5, 5.41) is 0. The molecule has 0 saturated heterocycles. The maximum atomic E-state index is 14.1. The van der Waals surface area contributed by atoms with E-state index < -0.39 is 5.82 Å². The second-order valence-corrected chi connectivity index (χ2v) is 7.41. The van der Waals surface area contributed by atoms with E-state index >= 15 is 0 Å². The molecule has 0 fully saturated rings. The van der Waals surface area contributed by atoms with Gasteiger partial charge in [-0.05, 0) is 51.0 Å². The molecule has 0 atom stereocenters. The summed E-state index contributed by atoms with van der Waals surface area (Å²) in [5.74, 6) is -0.0504. The first-order valence-electron chi connectivity index (χ1n) is 9.48. The number of nitrogens with zero attached hydrogens (tertiary/aromatic N) is 3. The van der Waals surface area contributed by atoms with Gasteiger partial charge in [-0.2, -0.15) is 0 Å². The highest BCUT2D eigenvalue weighted by atomic mass is 19.1. The minimum Gasteiger partial charge on any atom is -0.329 e. The van der Waals surface area contributed by atoms with Gasteiger partial charge in [0.15, 0.2) is 0 Å². The summed E-state index contributed by atoms with van der Waals surface area (Å²) in [5.41, 5.74) is 3.73. The van der Waals surface area contributed by atoms with Crippen LogP contribution in [0.2, 0.25) is 0 Å². The number of rotatable bonds is 6. The zero-order valence-electron chi connectivity index (χ0n) is 16.8.